The number of nitrogens with two attached hydrogens (primary N) is 1. The Morgan fingerprint density at radius 2 is 2.00 bits per heavy atom. The molecule has 0 saturated carbocycles. The first-order chi connectivity index (χ1) is 14.4. The van der Waals surface area contributed by atoms with Gasteiger partial charge < -0.3 is 20.7 Å². The van der Waals surface area contributed by atoms with Gasteiger partial charge in [0.25, 0.3) is 0 Å². The Labute approximate surface area is 177 Å². The third kappa shape index (κ3) is 5.97. The lowest BCUT2D eigenvalue weighted by Crippen LogP contribution is -2.39. The predicted octanol–water partition coefficient (Wildman–Crippen LogP) is 2.99. The Bertz CT molecular complexity index is 869. The maximum Gasteiger partial charge on any atom is 0.321 e. The van der Waals surface area contributed by atoms with Crippen LogP contribution in [0.4, 0.5) is 10.5 Å². The van der Waals surface area contributed by atoms with Gasteiger partial charge in [-0.3, -0.25) is 9.69 Å². The first-order valence-corrected chi connectivity index (χ1v) is 10.3. The fourth-order valence-electron chi connectivity index (χ4n) is 3.57. The Morgan fingerprint density at radius 3 is 2.73 bits per heavy atom. The standard InChI is InChI=1S/C23H30N4O3/c1-17-8-10-20(11-9-17)30-14-13-26(2)23(29)25-19-6-3-5-18(15-19)16-27-12-4-7-21(27)22(24)28/h3,5-6,8-11,15,21H,4,7,12-14,16H2,1-2H3,(H2,24,28)(H,25,29)/t21-/m0/s1. The number of anilines is 1. The summed E-state index contributed by atoms with van der Waals surface area (Å²) in [7, 11) is 1.74. The number of nitrogens with zero attached hydrogens (tertiary/aromatic N) is 2. The Kier molecular flexibility index (Phi) is 7.30. The van der Waals surface area contributed by atoms with Crippen LogP contribution in [0.5, 0.6) is 5.75 Å². The molecule has 1 aliphatic heterocycles. The molecule has 0 radical (unpaired) electrons. The average molecular weight is 411 g/mol. The van der Waals surface area contributed by atoms with Crippen molar-refractivity contribution in [3.8, 4) is 5.75 Å². The van der Waals surface area contributed by atoms with Crippen molar-refractivity contribution in [2.75, 3.05) is 32.1 Å². The summed E-state index contributed by atoms with van der Waals surface area (Å²) in [6.07, 6.45) is 1.78. The minimum Gasteiger partial charge on any atom is -0.492 e. The largest absolute Gasteiger partial charge is 0.492 e. The molecule has 160 valence electrons. The number of hydrogen-bond acceptors (Lipinski definition) is 4. The molecule has 3 amide bonds. The molecular formula is C23H30N4O3. The number of benzene rings is 2. The van der Waals surface area contributed by atoms with E-state index < -0.39 is 0 Å². The lowest BCUT2D eigenvalue weighted by molar-refractivity contribution is -0.122. The van der Waals surface area contributed by atoms with Crippen molar-refractivity contribution < 1.29 is 14.3 Å². The van der Waals surface area contributed by atoms with E-state index >= 15 is 0 Å². The third-order valence-corrected chi connectivity index (χ3v) is 5.32. The number of ether oxygens (including phenoxy) is 1. The SMILES string of the molecule is Cc1ccc(OCCN(C)C(=O)Nc2cccc(CN3CCC[C@H]3C(N)=O)c2)cc1. The number of nitrogens with one attached hydrogen (secondary N) is 1. The van der Waals surface area contributed by atoms with E-state index in [0.717, 1.165) is 36.4 Å². The lowest BCUT2D eigenvalue weighted by atomic mass is 10.1. The second kappa shape index (κ2) is 10.1. The van der Waals surface area contributed by atoms with E-state index in [1.807, 2.05) is 55.5 Å². The smallest absolute Gasteiger partial charge is 0.321 e. The molecule has 1 atom stereocenters. The zero-order valence-corrected chi connectivity index (χ0v) is 17.6. The van der Waals surface area contributed by atoms with Crippen LogP contribution in [0.15, 0.2) is 48.5 Å². The number of carbonyl (C=O) groups is 2. The summed E-state index contributed by atoms with van der Waals surface area (Å²) in [6, 6.07) is 15.1. The van der Waals surface area contributed by atoms with E-state index in [1.165, 1.54) is 5.56 Å². The van der Waals surface area contributed by atoms with Crippen LogP contribution in [-0.4, -0.2) is 54.5 Å². The predicted molar refractivity (Wildman–Crippen MR) is 117 cm³/mol. The van der Waals surface area contributed by atoms with E-state index in [4.69, 9.17) is 10.5 Å². The minimum atomic E-state index is -0.272. The van der Waals surface area contributed by atoms with Crippen LogP contribution < -0.4 is 15.8 Å². The molecule has 0 spiro atoms. The first kappa shape index (κ1) is 21.6. The molecule has 30 heavy (non-hydrogen) atoms. The van der Waals surface area contributed by atoms with Crippen LogP contribution in [0, 0.1) is 6.92 Å². The third-order valence-electron chi connectivity index (χ3n) is 5.32. The summed E-state index contributed by atoms with van der Waals surface area (Å²) in [5.41, 5.74) is 8.43. The van der Waals surface area contributed by atoms with Gasteiger partial charge in [-0.15, -0.1) is 0 Å². The normalized spacial score (nSPS) is 16.3. The molecule has 3 rings (SSSR count). The quantitative estimate of drug-likeness (QED) is 0.700. The highest BCUT2D eigenvalue weighted by atomic mass is 16.5. The Morgan fingerprint density at radius 1 is 1.23 bits per heavy atom. The van der Waals surface area contributed by atoms with Gasteiger partial charge in [0.15, 0.2) is 0 Å². The van der Waals surface area contributed by atoms with E-state index in [9.17, 15) is 9.59 Å². The first-order valence-electron chi connectivity index (χ1n) is 10.3. The van der Waals surface area contributed by atoms with Crippen molar-refractivity contribution in [2.24, 2.45) is 5.73 Å². The van der Waals surface area contributed by atoms with Gasteiger partial charge in [-0.1, -0.05) is 29.8 Å². The van der Waals surface area contributed by atoms with Crippen LogP contribution in [0.2, 0.25) is 0 Å². The van der Waals surface area contributed by atoms with Crippen molar-refractivity contribution in [1.82, 2.24) is 9.80 Å². The van der Waals surface area contributed by atoms with E-state index in [1.54, 1.807) is 11.9 Å². The second-order valence-electron chi connectivity index (χ2n) is 7.74. The number of rotatable bonds is 8. The van der Waals surface area contributed by atoms with Gasteiger partial charge in [0.1, 0.15) is 12.4 Å². The van der Waals surface area contributed by atoms with E-state index in [-0.39, 0.29) is 18.0 Å². The molecule has 7 nitrogen and oxygen atoms in total. The number of carbonyl (C=O) groups excluding carboxylic acids is 2. The summed E-state index contributed by atoms with van der Waals surface area (Å²) < 4.78 is 5.69. The number of urea groups is 1. The maximum absolute atomic E-state index is 12.5. The van der Waals surface area contributed by atoms with Crippen molar-refractivity contribution in [3.63, 3.8) is 0 Å². The minimum absolute atomic E-state index is 0.198. The highest BCUT2D eigenvalue weighted by molar-refractivity contribution is 5.89. The summed E-state index contributed by atoms with van der Waals surface area (Å²) in [6.45, 7) is 4.40. The molecule has 2 aromatic carbocycles. The zero-order valence-electron chi connectivity index (χ0n) is 17.6. The van der Waals surface area contributed by atoms with Crippen molar-refractivity contribution in [3.05, 3.63) is 59.7 Å². The number of hydrogen-bond donors (Lipinski definition) is 2. The second-order valence-corrected chi connectivity index (χ2v) is 7.74. The van der Waals surface area contributed by atoms with Crippen LogP contribution in [0.25, 0.3) is 0 Å². The van der Waals surface area contributed by atoms with Crippen LogP contribution >= 0.6 is 0 Å². The fourth-order valence-corrected chi connectivity index (χ4v) is 3.57. The fraction of sp³-hybridized carbons (Fsp3) is 0.391. The van der Waals surface area contributed by atoms with Gasteiger partial charge in [0.2, 0.25) is 5.91 Å². The molecular weight excluding hydrogens is 380 g/mol. The van der Waals surface area contributed by atoms with Gasteiger partial charge in [0.05, 0.1) is 12.6 Å². The van der Waals surface area contributed by atoms with Gasteiger partial charge in [-0.05, 0) is 56.1 Å². The molecule has 1 heterocycles. The number of primary amides is 1. The summed E-state index contributed by atoms with van der Waals surface area (Å²) in [5, 5.41) is 2.92. The number of aryl methyl sites for hydroxylation is 1. The van der Waals surface area contributed by atoms with Gasteiger partial charge in [-0.2, -0.15) is 0 Å². The van der Waals surface area contributed by atoms with Gasteiger partial charge in [0, 0.05) is 19.3 Å². The number of likely N-dealkylation sites (tertiary alicyclic amines) is 1. The monoisotopic (exact) mass is 410 g/mol. The summed E-state index contributed by atoms with van der Waals surface area (Å²) in [5.74, 6) is 0.518. The maximum atomic E-state index is 12.5. The van der Waals surface area contributed by atoms with E-state index in [0.29, 0.717) is 19.7 Å². The van der Waals surface area contributed by atoms with Crippen molar-refractivity contribution >= 4 is 17.6 Å². The highest BCUT2D eigenvalue weighted by Gasteiger charge is 2.28. The van der Waals surface area contributed by atoms with E-state index in [2.05, 4.69) is 10.2 Å². The molecule has 0 bridgehead atoms. The molecule has 0 aromatic heterocycles. The number of amides is 3. The molecule has 1 saturated heterocycles. The van der Waals surface area contributed by atoms with Crippen LogP contribution in [-0.2, 0) is 11.3 Å². The molecule has 1 fully saturated rings. The van der Waals surface area contributed by atoms with Gasteiger partial charge >= 0.3 is 6.03 Å². The molecule has 2 aromatic rings. The lowest BCUT2D eigenvalue weighted by Gasteiger charge is -2.22. The molecule has 0 aliphatic carbocycles. The Hall–Kier alpha value is -3.06. The Balaban J connectivity index is 1.49. The zero-order chi connectivity index (χ0) is 21.5. The topological polar surface area (TPSA) is 87.9 Å². The molecule has 1 aliphatic rings. The number of likely N-dealkylation sites (N-methyl/N-ethyl adjacent to an activating group) is 1. The summed E-state index contributed by atoms with van der Waals surface area (Å²) >= 11 is 0. The molecule has 0 unspecified atom stereocenters. The summed E-state index contributed by atoms with van der Waals surface area (Å²) in [4.78, 5) is 27.8. The highest BCUT2D eigenvalue weighted by Crippen LogP contribution is 2.21. The van der Waals surface area contributed by atoms with Crippen molar-refractivity contribution in [2.45, 2.75) is 32.4 Å². The van der Waals surface area contributed by atoms with Crippen LogP contribution in [0.1, 0.15) is 24.0 Å². The van der Waals surface area contributed by atoms with Crippen LogP contribution in [0.3, 0.4) is 0 Å². The molecule has 7 heteroatoms. The van der Waals surface area contributed by atoms with Crippen molar-refractivity contribution in [1.29, 1.82) is 0 Å². The average Bonchev–Trinajstić information content (AvgIpc) is 3.18. The molecule has 3 N–H and O–H groups in total. The van der Waals surface area contributed by atoms with Gasteiger partial charge in [-0.25, -0.2) is 4.79 Å².